The summed E-state index contributed by atoms with van der Waals surface area (Å²) in [5.41, 5.74) is 1.33. The van der Waals surface area contributed by atoms with E-state index in [-0.39, 0.29) is 11.5 Å². The van der Waals surface area contributed by atoms with Crippen LogP contribution in [-0.2, 0) is 24.2 Å². The molecule has 0 unspecified atom stereocenters. The summed E-state index contributed by atoms with van der Waals surface area (Å²) in [7, 11) is 0. The van der Waals surface area contributed by atoms with E-state index in [2.05, 4.69) is 19.2 Å². The molecule has 2 aromatic rings. The second-order valence-electron chi connectivity index (χ2n) is 9.12. The second kappa shape index (κ2) is 9.86. The molecule has 5 nitrogen and oxygen atoms in total. The Morgan fingerprint density at radius 2 is 1.97 bits per heavy atom. The second-order valence-corrected chi connectivity index (χ2v) is 11.1. The lowest BCUT2D eigenvalue weighted by molar-refractivity contribution is -0.119. The molecule has 0 aromatic carbocycles. The van der Waals surface area contributed by atoms with Crippen LogP contribution in [0.3, 0.4) is 0 Å². The Morgan fingerprint density at radius 1 is 1.20 bits per heavy atom. The average molecular weight is 448 g/mol. The van der Waals surface area contributed by atoms with Crippen LogP contribution in [0, 0.1) is 5.92 Å². The fourth-order valence-corrected chi connectivity index (χ4v) is 6.70. The third-order valence-corrected chi connectivity index (χ3v) is 8.43. The number of aryl methyl sites for hydroxylation is 2. The van der Waals surface area contributed by atoms with Crippen molar-refractivity contribution >= 4 is 39.2 Å². The smallest absolute Gasteiger partial charge is 0.263 e. The average Bonchev–Trinajstić information content (AvgIpc) is 3.11. The van der Waals surface area contributed by atoms with Crippen LogP contribution in [0.4, 0.5) is 0 Å². The Kier molecular flexibility index (Phi) is 7.19. The Bertz CT molecular complexity index is 957. The summed E-state index contributed by atoms with van der Waals surface area (Å²) in [5, 5.41) is 4.72. The number of carbonyl (C=O) groups is 1. The van der Waals surface area contributed by atoms with Crippen molar-refractivity contribution in [1.29, 1.82) is 0 Å². The van der Waals surface area contributed by atoms with Crippen LogP contribution < -0.4 is 10.9 Å². The molecule has 0 aliphatic heterocycles. The summed E-state index contributed by atoms with van der Waals surface area (Å²) in [6.07, 6.45) is 11.2. The summed E-state index contributed by atoms with van der Waals surface area (Å²) in [5.74, 6) is 0.889. The van der Waals surface area contributed by atoms with Crippen LogP contribution in [0.1, 0.15) is 75.7 Å². The normalized spacial score (nSPS) is 17.4. The monoisotopic (exact) mass is 447 g/mol. The van der Waals surface area contributed by atoms with Crippen LogP contribution in [0.2, 0.25) is 0 Å². The number of nitrogens with zero attached hydrogens (tertiary/aromatic N) is 2. The van der Waals surface area contributed by atoms with Gasteiger partial charge >= 0.3 is 0 Å². The maximum atomic E-state index is 13.5. The van der Waals surface area contributed by atoms with Crippen molar-refractivity contribution in [3.05, 3.63) is 20.8 Å². The standard InChI is InChI=1S/C23H33N3O2S2/c1-15(2)12-13-26-22(28)20-17-10-6-7-11-18(17)30-21(20)25-23(26)29-14-19(27)24-16-8-4-3-5-9-16/h15-16H,3-14H2,1-2H3,(H,24,27). The van der Waals surface area contributed by atoms with Gasteiger partial charge < -0.3 is 5.32 Å². The van der Waals surface area contributed by atoms with E-state index in [9.17, 15) is 9.59 Å². The molecule has 2 aromatic heterocycles. The van der Waals surface area contributed by atoms with E-state index in [0.29, 0.717) is 29.4 Å². The van der Waals surface area contributed by atoms with Crippen molar-refractivity contribution in [1.82, 2.24) is 14.9 Å². The lowest BCUT2D eigenvalue weighted by Crippen LogP contribution is -2.37. The molecule has 0 radical (unpaired) electrons. The third-order valence-electron chi connectivity index (χ3n) is 6.27. The van der Waals surface area contributed by atoms with E-state index in [1.54, 1.807) is 11.3 Å². The van der Waals surface area contributed by atoms with E-state index in [4.69, 9.17) is 4.98 Å². The van der Waals surface area contributed by atoms with Crippen LogP contribution in [0.15, 0.2) is 9.95 Å². The maximum Gasteiger partial charge on any atom is 0.263 e. The number of thiophene rings is 1. The molecule has 2 aliphatic carbocycles. The summed E-state index contributed by atoms with van der Waals surface area (Å²) in [4.78, 5) is 33.1. The molecule has 1 N–H and O–H groups in total. The summed E-state index contributed by atoms with van der Waals surface area (Å²) in [6.45, 7) is 5.01. The van der Waals surface area contributed by atoms with Gasteiger partial charge in [-0.25, -0.2) is 4.98 Å². The first-order chi connectivity index (χ1) is 14.5. The molecular formula is C23H33N3O2S2. The fourth-order valence-electron chi connectivity index (χ4n) is 4.56. The minimum absolute atomic E-state index is 0.0575. The number of hydrogen-bond acceptors (Lipinski definition) is 5. The van der Waals surface area contributed by atoms with Gasteiger partial charge in [-0.2, -0.15) is 0 Å². The maximum absolute atomic E-state index is 13.5. The lowest BCUT2D eigenvalue weighted by Gasteiger charge is -2.22. The van der Waals surface area contributed by atoms with Gasteiger partial charge in [0.25, 0.3) is 5.56 Å². The van der Waals surface area contributed by atoms with Crippen molar-refractivity contribution in [2.45, 2.75) is 95.8 Å². The summed E-state index contributed by atoms with van der Waals surface area (Å²) >= 11 is 3.10. The lowest BCUT2D eigenvalue weighted by atomic mass is 9.95. The van der Waals surface area contributed by atoms with Gasteiger partial charge in [0.2, 0.25) is 5.91 Å². The molecule has 7 heteroatoms. The molecule has 1 amide bonds. The number of carbonyl (C=O) groups excluding carboxylic acids is 1. The van der Waals surface area contributed by atoms with Crippen molar-refractivity contribution in [3.63, 3.8) is 0 Å². The van der Waals surface area contributed by atoms with Crippen LogP contribution >= 0.6 is 23.1 Å². The Labute approximate surface area is 187 Å². The zero-order valence-electron chi connectivity index (χ0n) is 18.2. The molecule has 1 saturated carbocycles. The molecule has 4 rings (SSSR count). The van der Waals surface area contributed by atoms with E-state index in [1.807, 2.05) is 4.57 Å². The molecular weight excluding hydrogens is 414 g/mol. The largest absolute Gasteiger partial charge is 0.353 e. The summed E-state index contributed by atoms with van der Waals surface area (Å²) in [6, 6.07) is 0.314. The van der Waals surface area contributed by atoms with Crippen molar-refractivity contribution in [2.24, 2.45) is 5.92 Å². The Hall–Kier alpha value is -1.34. The first-order valence-electron chi connectivity index (χ1n) is 11.5. The van der Waals surface area contributed by atoms with E-state index in [1.165, 1.54) is 47.9 Å². The predicted octanol–water partition coefficient (Wildman–Crippen LogP) is 4.92. The van der Waals surface area contributed by atoms with E-state index in [0.717, 1.165) is 48.7 Å². The Balaban J connectivity index is 1.57. The van der Waals surface area contributed by atoms with E-state index < -0.39 is 0 Å². The Morgan fingerprint density at radius 3 is 2.73 bits per heavy atom. The zero-order valence-corrected chi connectivity index (χ0v) is 19.8. The van der Waals surface area contributed by atoms with Gasteiger partial charge in [0.15, 0.2) is 5.16 Å². The SMILES string of the molecule is CC(C)CCn1c(SCC(=O)NC2CCCCC2)nc2sc3c(c2c1=O)CCCC3. The van der Waals surface area contributed by atoms with Gasteiger partial charge in [-0.3, -0.25) is 14.2 Å². The predicted molar refractivity (Wildman–Crippen MR) is 126 cm³/mol. The zero-order chi connectivity index (χ0) is 21.1. The number of amides is 1. The molecule has 0 bridgehead atoms. The summed E-state index contributed by atoms with van der Waals surface area (Å²) < 4.78 is 1.84. The number of thioether (sulfide) groups is 1. The molecule has 2 aliphatic rings. The van der Waals surface area contributed by atoms with Gasteiger partial charge in [0, 0.05) is 17.5 Å². The number of fused-ring (bicyclic) bond motifs is 3. The van der Waals surface area contributed by atoms with Gasteiger partial charge in [-0.1, -0.05) is 44.9 Å². The first kappa shape index (κ1) is 21.9. The van der Waals surface area contributed by atoms with E-state index >= 15 is 0 Å². The third kappa shape index (κ3) is 4.93. The fraction of sp³-hybridized carbons (Fsp3) is 0.696. The number of hydrogen-bond donors (Lipinski definition) is 1. The van der Waals surface area contributed by atoms with Gasteiger partial charge in [0.1, 0.15) is 4.83 Å². The quantitative estimate of drug-likeness (QED) is 0.483. The molecule has 30 heavy (non-hydrogen) atoms. The number of aromatic nitrogens is 2. The molecule has 1 fully saturated rings. The van der Waals surface area contributed by atoms with Crippen molar-refractivity contribution in [2.75, 3.05) is 5.75 Å². The molecule has 0 atom stereocenters. The number of rotatable bonds is 7. The van der Waals surface area contributed by atoms with Gasteiger partial charge in [0.05, 0.1) is 11.1 Å². The van der Waals surface area contributed by atoms with Crippen molar-refractivity contribution in [3.8, 4) is 0 Å². The number of nitrogens with one attached hydrogen (secondary N) is 1. The van der Waals surface area contributed by atoms with Gasteiger partial charge in [-0.05, 0) is 56.4 Å². The molecule has 0 spiro atoms. The molecule has 164 valence electrons. The van der Waals surface area contributed by atoms with Crippen LogP contribution in [-0.4, -0.2) is 27.3 Å². The van der Waals surface area contributed by atoms with Crippen molar-refractivity contribution < 1.29 is 4.79 Å². The first-order valence-corrected chi connectivity index (χ1v) is 13.3. The highest BCUT2D eigenvalue weighted by atomic mass is 32.2. The minimum Gasteiger partial charge on any atom is -0.353 e. The highest BCUT2D eigenvalue weighted by Gasteiger charge is 2.23. The highest BCUT2D eigenvalue weighted by Crippen LogP contribution is 2.34. The van der Waals surface area contributed by atoms with Crippen LogP contribution in [0.5, 0.6) is 0 Å². The topological polar surface area (TPSA) is 64.0 Å². The van der Waals surface area contributed by atoms with Gasteiger partial charge in [-0.15, -0.1) is 11.3 Å². The highest BCUT2D eigenvalue weighted by molar-refractivity contribution is 7.99. The molecule has 2 heterocycles. The van der Waals surface area contributed by atoms with Crippen LogP contribution in [0.25, 0.3) is 10.2 Å². The minimum atomic E-state index is 0.0575. The molecule has 0 saturated heterocycles.